The fraction of sp³-hybridized carbons (Fsp3) is 0.812. The summed E-state index contributed by atoms with van der Waals surface area (Å²) in [7, 11) is -1.35. The number of likely N-dealkylation sites (tertiary alicyclic amines) is 1. The minimum Gasteiger partial charge on any atom is -0.355 e. The molecule has 2 aliphatic rings. The van der Waals surface area contributed by atoms with Gasteiger partial charge in [-0.15, -0.1) is 0 Å². The lowest BCUT2D eigenvalue weighted by molar-refractivity contribution is 0.259. The van der Waals surface area contributed by atoms with E-state index in [-0.39, 0.29) is 5.75 Å². The lowest BCUT2D eigenvalue weighted by Crippen LogP contribution is -2.45. The van der Waals surface area contributed by atoms with E-state index in [2.05, 4.69) is 32.3 Å². The molecule has 0 radical (unpaired) electrons. The molecule has 0 spiro atoms. The summed E-state index contributed by atoms with van der Waals surface area (Å²) in [6.45, 7) is 9.62. The maximum atomic E-state index is 12.2. The highest BCUT2D eigenvalue weighted by atomic mass is 32.2. The Balaban J connectivity index is 1.82. The highest BCUT2D eigenvalue weighted by Gasteiger charge is 2.31. The average molecular weight is 343 g/mol. The molecule has 0 aromatic carbocycles. The number of guanidine groups is 1. The third kappa shape index (κ3) is 4.47. The molecule has 132 valence electrons. The van der Waals surface area contributed by atoms with Crippen LogP contribution in [0.2, 0.25) is 0 Å². The van der Waals surface area contributed by atoms with Crippen molar-refractivity contribution in [2.75, 3.05) is 45.5 Å². The number of nitrogens with zero attached hydrogens (tertiary/aromatic N) is 3. The zero-order valence-electron chi connectivity index (χ0n) is 14.7. The molecule has 2 aliphatic heterocycles. The predicted octanol–water partition coefficient (Wildman–Crippen LogP) is 0.721. The van der Waals surface area contributed by atoms with Crippen molar-refractivity contribution < 1.29 is 8.42 Å². The number of hydrogen-bond donors (Lipinski definition) is 1. The predicted molar refractivity (Wildman–Crippen MR) is 95.6 cm³/mol. The maximum absolute atomic E-state index is 12.2. The van der Waals surface area contributed by atoms with Gasteiger partial charge in [-0.2, -0.15) is 0 Å². The molecule has 0 aliphatic carbocycles. The molecular weight excluding hydrogens is 312 g/mol. The molecule has 1 atom stereocenters. The fourth-order valence-corrected chi connectivity index (χ4v) is 3.94. The van der Waals surface area contributed by atoms with Crippen LogP contribution in [0.4, 0.5) is 0 Å². The van der Waals surface area contributed by atoms with Gasteiger partial charge in [0.2, 0.25) is 0 Å². The Morgan fingerprint density at radius 2 is 1.96 bits per heavy atom. The van der Waals surface area contributed by atoms with E-state index in [9.17, 15) is 8.42 Å². The molecule has 2 heterocycles. The van der Waals surface area contributed by atoms with Gasteiger partial charge in [0.25, 0.3) is 0 Å². The summed E-state index contributed by atoms with van der Waals surface area (Å²) in [6, 6.07) is 0.557. The van der Waals surface area contributed by atoms with E-state index in [1.807, 2.05) is 0 Å². The van der Waals surface area contributed by atoms with Gasteiger partial charge in [-0.05, 0) is 27.2 Å². The van der Waals surface area contributed by atoms with E-state index in [0.29, 0.717) is 12.6 Å². The van der Waals surface area contributed by atoms with Crippen molar-refractivity contribution in [3.8, 4) is 0 Å². The third-order valence-corrected chi connectivity index (χ3v) is 7.23. The summed E-state index contributed by atoms with van der Waals surface area (Å²) in [5.74, 6) is 0.937. The van der Waals surface area contributed by atoms with Crippen molar-refractivity contribution in [1.82, 2.24) is 15.1 Å². The number of hydrogen-bond acceptors (Lipinski definition) is 4. The first-order valence-electron chi connectivity index (χ1n) is 8.31. The minimum atomic E-state index is -3.10. The second kappa shape index (κ2) is 7.21. The van der Waals surface area contributed by atoms with Crippen LogP contribution in [0.1, 0.15) is 27.2 Å². The SMILES string of the molecule is CN=C(NCCS(=O)(=O)C(C)(C)C)N1CCC(N2CC=CC2)C1. The molecule has 1 N–H and O–H groups in total. The van der Waals surface area contributed by atoms with Crippen LogP contribution in [0.5, 0.6) is 0 Å². The molecule has 0 aromatic heterocycles. The van der Waals surface area contributed by atoms with Crippen molar-refractivity contribution in [2.24, 2.45) is 4.99 Å². The Bertz CT molecular complexity index is 555. The Hall–Kier alpha value is -1.08. The van der Waals surface area contributed by atoms with Crippen LogP contribution < -0.4 is 5.32 Å². The third-order valence-electron chi connectivity index (χ3n) is 4.62. The highest BCUT2D eigenvalue weighted by molar-refractivity contribution is 7.92. The van der Waals surface area contributed by atoms with Crippen LogP contribution >= 0.6 is 0 Å². The largest absolute Gasteiger partial charge is 0.355 e. The molecule has 1 unspecified atom stereocenters. The van der Waals surface area contributed by atoms with Crippen LogP contribution in [0.25, 0.3) is 0 Å². The molecular formula is C16H30N4O2S. The fourth-order valence-electron chi connectivity index (χ4n) is 2.96. The van der Waals surface area contributed by atoms with Gasteiger partial charge in [-0.25, -0.2) is 8.42 Å². The van der Waals surface area contributed by atoms with E-state index >= 15 is 0 Å². The molecule has 0 saturated carbocycles. The summed E-state index contributed by atoms with van der Waals surface area (Å²) in [5, 5.41) is 3.21. The topological polar surface area (TPSA) is 65.0 Å². The number of rotatable bonds is 4. The van der Waals surface area contributed by atoms with Crippen molar-refractivity contribution in [1.29, 1.82) is 0 Å². The molecule has 0 bridgehead atoms. The molecule has 1 saturated heterocycles. The van der Waals surface area contributed by atoms with Crippen molar-refractivity contribution in [3.05, 3.63) is 12.2 Å². The number of nitrogens with one attached hydrogen (secondary N) is 1. The van der Waals surface area contributed by atoms with Gasteiger partial charge in [-0.1, -0.05) is 12.2 Å². The lowest BCUT2D eigenvalue weighted by Gasteiger charge is -2.26. The molecule has 0 amide bonds. The van der Waals surface area contributed by atoms with Crippen molar-refractivity contribution in [2.45, 2.75) is 38.0 Å². The maximum Gasteiger partial charge on any atom is 0.193 e. The second-order valence-corrected chi connectivity index (χ2v) is 10.1. The van der Waals surface area contributed by atoms with Gasteiger partial charge >= 0.3 is 0 Å². The van der Waals surface area contributed by atoms with Gasteiger partial charge in [0, 0.05) is 45.8 Å². The zero-order chi connectivity index (χ0) is 17.1. The highest BCUT2D eigenvalue weighted by Crippen LogP contribution is 2.18. The molecule has 0 aromatic rings. The van der Waals surface area contributed by atoms with E-state index in [4.69, 9.17) is 0 Å². The first-order chi connectivity index (χ1) is 10.7. The van der Waals surface area contributed by atoms with Gasteiger partial charge < -0.3 is 10.2 Å². The van der Waals surface area contributed by atoms with E-state index in [1.165, 1.54) is 0 Å². The number of sulfone groups is 1. The van der Waals surface area contributed by atoms with Gasteiger partial charge in [0.05, 0.1) is 10.5 Å². The Morgan fingerprint density at radius 3 is 2.52 bits per heavy atom. The Kier molecular flexibility index (Phi) is 5.73. The smallest absolute Gasteiger partial charge is 0.193 e. The Morgan fingerprint density at radius 1 is 1.30 bits per heavy atom. The van der Waals surface area contributed by atoms with Gasteiger partial charge in [0.1, 0.15) is 0 Å². The first kappa shape index (κ1) is 18.3. The zero-order valence-corrected chi connectivity index (χ0v) is 15.6. The monoisotopic (exact) mass is 342 g/mol. The summed E-state index contributed by atoms with van der Waals surface area (Å²) in [5.41, 5.74) is 0. The van der Waals surface area contributed by atoms with Crippen LogP contribution in [0.15, 0.2) is 17.1 Å². The van der Waals surface area contributed by atoms with E-state index < -0.39 is 14.6 Å². The second-order valence-electron chi connectivity index (χ2n) is 7.22. The molecule has 1 fully saturated rings. The van der Waals surface area contributed by atoms with E-state index in [0.717, 1.165) is 38.6 Å². The summed E-state index contributed by atoms with van der Waals surface area (Å²) in [6.07, 6.45) is 5.56. The summed E-state index contributed by atoms with van der Waals surface area (Å²) >= 11 is 0. The first-order valence-corrected chi connectivity index (χ1v) is 9.97. The number of aliphatic imine (C=N–C) groups is 1. The van der Waals surface area contributed by atoms with Gasteiger partial charge in [-0.3, -0.25) is 9.89 Å². The average Bonchev–Trinajstić information content (AvgIpc) is 3.12. The molecule has 2 rings (SSSR count). The molecule has 6 nitrogen and oxygen atoms in total. The summed E-state index contributed by atoms with van der Waals surface area (Å²) in [4.78, 5) is 9.01. The lowest BCUT2D eigenvalue weighted by atomic mass is 10.2. The minimum absolute atomic E-state index is 0.128. The molecule has 23 heavy (non-hydrogen) atoms. The van der Waals surface area contributed by atoms with Crippen molar-refractivity contribution in [3.63, 3.8) is 0 Å². The van der Waals surface area contributed by atoms with Crippen LogP contribution in [-0.4, -0.2) is 80.5 Å². The van der Waals surface area contributed by atoms with Crippen LogP contribution in [0.3, 0.4) is 0 Å². The Labute approximate surface area is 140 Å². The van der Waals surface area contributed by atoms with Gasteiger partial charge in [0.15, 0.2) is 15.8 Å². The quantitative estimate of drug-likeness (QED) is 0.463. The molecule has 7 heteroatoms. The van der Waals surface area contributed by atoms with E-state index in [1.54, 1.807) is 27.8 Å². The van der Waals surface area contributed by atoms with Crippen molar-refractivity contribution >= 4 is 15.8 Å². The van der Waals surface area contributed by atoms with Crippen LogP contribution in [-0.2, 0) is 9.84 Å². The normalized spacial score (nSPS) is 23.7. The standard InChI is InChI=1S/C16H30N4O2S/c1-16(2,3)23(21,22)12-8-18-15(17-4)20-11-7-14(13-20)19-9-5-6-10-19/h5-6,14H,7-13H2,1-4H3,(H,17,18). The van der Waals surface area contributed by atoms with Crippen LogP contribution in [0, 0.1) is 0 Å². The summed E-state index contributed by atoms with van der Waals surface area (Å²) < 4.78 is 23.6.